The fourth-order valence-electron chi connectivity index (χ4n) is 9.08. The highest BCUT2D eigenvalue weighted by atomic mass is 19.1. The minimum atomic E-state index is -1.09. The van der Waals surface area contributed by atoms with Crippen LogP contribution in [0.5, 0.6) is 11.5 Å². The average molecular weight is 921 g/mol. The first kappa shape index (κ1) is 45.2. The van der Waals surface area contributed by atoms with E-state index in [1.807, 2.05) is 90.8 Å². The van der Waals surface area contributed by atoms with Gasteiger partial charge in [0, 0.05) is 37.1 Å². The molecule has 68 heavy (non-hydrogen) atoms. The number of benzene rings is 4. The van der Waals surface area contributed by atoms with Crippen molar-refractivity contribution in [3.05, 3.63) is 166 Å². The monoisotopic (exact) mass is 920 g/mol. The van der Waals surface area contributed by atoms with Gasteiger partial charge < -0.3 is 33.9 Å². The Balaban J connectivity index is 0.000000170. The van der Waals surface area contributed by atoms with Crippen molar-refractivity contribution in [3.63, 3.8) is 0 Å². The molecule has 0 radical (unpaired) electrons. The number of urea groups is 2. The Morgan fingerprint density at radius 2 is 1.24 bits per heavy atom. The van der Waals surface area contributed by atoms with Crippen LogP contribution in [0.1, 0.15) is 40.6 Å². The van der Waals surface area contributed by atoms with Gasteiger partial charge in [0.05, 0.1) is 81.4 Å². The summed E-state index contributed by atoms with van der Waals surface area (Å²) in [4.78, 5) is 48.9. The van der Waals surface area contributed by atoms with Crippen LogP contribution in [0.2, 0.25) is 0 Å². The molecule has 4 aliphatic heterocycles. The Morgan fingerprint density at radius 1 is 0.721 bits per heavy atom. The van der Waals surface area contributed by atoms with Crippen LogP contribution in [-0.4, -0.2) is 117 Å². The summed E-state index contributed by atoms with van der Waals surface area (Å²) in [5.74, 6) is 1.85. The normalized spacial score (nSPS) is 21.0. The quantitative estimate of drug-likeness (QED) is 0.153. The second-order valence-electron chi connectivity index (χ2n) is 17.3. The molecule has 4 aromatic carbocycles. The number of imidazole rings is 2. The predicted molar refractivity (Wildman–Crippen MR) is 254 cm³/mol. The van der Waals surface area contributed by atoms with E-state index >= 15 is 0 Å². The number of aliphatic hydroxyl groups is 1. The minimum Gasteiger partial charge on any atom is -0.495 e. The second-order valence-corrected chi connectivity index (χ2v) is 17.3. The van der Waals surface area contributed by atoms with Gasteiger partial charge in [-0.3, -0.25) is 19.8 Å². The summed E-state index contributed by atoms with van der Waals surface area (Å²) >= 11 is 0. The molecule has 2 N–H and O–H groups in total. The van der Waals surface area contributed by atoms with Gasteiger partial charge in [0.25, 0.3) is 0 Å². The molecule has 4 aliphatic rings. The smallest absolute Gasteiger partial charge is 0.326 e. The highest BCUT2D eigenvalue weighted by Gasteiger charge is 2.52. The number of fused-ring (bicyclic) bond motifs is 2. The predicted octanol–water partition coefficient (Wildman–Crippen LogP) is 7.44. The van der Waals surface area contributed by atoms with Gasteiger partial charge in [0.15, 0.2) is 0 Å². The van der Waals surface area contributed by atoms with Crippen molar-refractivity contribution < 1.29 is 33.0 Å². The number of aryl methyl sites for hydroxylation is 2. The lowest BCUT2D eigenvalue weighted by atomic mass is 9.89. The van der Waals surface area contributed by atoms with Crippen molar-refractivity contribution >= 4 is 35.9 Å². The lowest BCUT2D eigenvalue weighted by molar-refractivity contribution is 0.0948. The molecule has 2 aromatic heterocycles. The molecule has 15 nitrogen and oxygen atoms in total. The zero-order valence-electron chi connectivity index (χ0n) is 38.4. The Labute approximate surface area is 392 Å². The highest BCUT2D eigenvalue weighted by Crippen LogP contribution is 2.40. The van der Waals surface area contributed by atoms with Gasteiger partial charge in [-0.1, -0.05) is 36.4 Å². The van der Waals surface area contributed by atoms with Crippen LogP contribution in [0, 0.1) is 25.5 Å². The Bertz CT molecular complexity index is 3050. The van der Waals surface area contributed by atoms with E-state index in [9.17, 15) is 23.5 Å². The Morgan fingerprint density at radius 3 is 1.75 bits per heavy atom. The number of rotatable bonds is 9. The first-order valence-electron chi connectivity index (χ1n) is 21.9. The molecule has 2 unspecified atom stereocenters. The van der Waals surface area contributed by atoms with Gasteiger partial charge in [-0.25, -0.2) is 28.3 Å². The molecule has 2 fully saturated rings. The van der Waals surface area contributed by atoms with E-state index in [-0.39, 0.29) is 36.8 Å². The lowest BCUT2D eigenvalue weighted by Gasteiger charge is -2.43. The molecule has 4 amide bonds. The van der Waals surface area contributed by atoms with Crippen LogP contribution < -0.4 is 14.8 Å². The molecular weight excluding hydrogens is 871 g/mol. The second kappa shape index (κ2) is 18.0. The van der Waals surface area contributed by atoms with Crippen LogP contribution in [0.3, 0.4) is 0 Å². The third-order valence-corrected chi connectivity index (χ3v) is 12.7. The minimum absolute atomic E-state index is 0.184. The van der Waals surface area contributed by atoms with Crippen LogP contribution in [0.4, 0.5) is 18.4 Å². The van der Waals surface area contributed by atoms with Crippen molar-refractivity contribution in [2.45, 2.75) is 31.8 Å². The number of aliphatic hydroxyl groups excluding tert-OH is 1. The number of amidine groups is 2. The maximum atomic E-state index is 13.6. The van der Waals surface area contributed by atoms with E-state index in [4.69, 9.17) is 14.5 Å². The van der Waals surface area contributed by atoms with E-state index in [0.717, 1.165) is 50.6 Å². The maximum Gasteiger partial charge on any atom is 0.326 e. The molecule has 0 bridgehead atoms. The van der Waals surface area contributed by atoms with Crippen molar-refractivity contribution in [3.8, 4) is 22.9 Å². The molecule has 6 aromatic rings. The number of hydrogen-bond donors (Lipinski definition) is 2. The summed E-state index contributed by atoms with van der Waals surface area (Å²) in [5, 5.41) is 13.4. The van der Waals surface area contributed by atoms with Crippen LogP contribution in [-0.2, 0) is 11.1 Å². The number of carbonyl (C=O) groups is 2. The molecule has 10 rings (SSSR count). The van der Waals surface area contributed by atoms with E-state index in [1.54, 1.807) is 68.0 Å². The van der Waals surface area contributed by atoms with E-state index < -0.39 is 11.1 Å². The van der Waals surface area contributed by atoms with Crippen LogP contribution >= 0.6 is 0 Å². The summed E-state index contributed by atoms with van der Waals surface area (Å²) in [6.07, 6.45) is 11.3. The van der Waals surface area contributed by atoms with E-state index in [0.29, 0.717) is 48.4 Å². The lowest BCUT2D eigenvalue weighted by Crippen LogP contribution is -2.59. The van der Waals surface area contributed by atoms with Crippen molar-refractivity contribution in [1.82, 2.24) is 39.1 Å². The summed E-state index contributed by atoms with van der Waals surface area (Å²) in [6.45, 7) is 6.80. The van der Waals surface area contributed by atoms with Gasteiger partial charge in [0.2, 0.25) is 0 Å². The third kappa shape index (κ3) is 8.18. The number of nitrogens with zero attached hydrogens (tertiary/aromatic N) is 9. The number of methoxy groups -OCH3 is 2. The number of likely N-dealkylation sites (N-methyl/N-ethyl adjacent to an activating group) is 1. The summed E-state index contributed by atoms with van der Waals surface area (Å²) < 4.78 is 42.1. The Kier molecular flexibility index (Phi) is 12.0. The molecule has 0 spiro atoms. The number of aliphatic imine (C=N–C) groups is 2. The molecule has 6 heterocycles. The number of hydrogen-bond acceptors (Lipinski definition) is 9. The zero-order chi connectivity index (χ0) is 47.9. The third-order valence-electron chi connectivity index (χ3n) is 12.7. The number of nitrogens with one attached hydrogen (secondary N) is 1. The molecule has 2 saturated heterocycles. The fourth-order valence-corrected chi connectivity index (χ4v) is 9.08. The van der Waals surface area contributed by atoms with E-state index in [1.165, 1.54) is 29.2 Å². The highest BCUT2D eigenvalue weighted by molar-refractivity contribution is 6.15. The first-order valence-corrected chi connectivity index (χ1v) is 21.9. The fraction of sp³-hybridized carbons (Fsp3) is 0.255. The maximum absolute atomic E-state index is 13.6. The number of amides is 4. The van der Waals surface area contributed by atoms with Gasteiger partial charge in [-0.15, -0.1) is 0 Å². The SMILES string of the molecule is COc1cc(/C=C2\CN(C)C(=O)N3C2=NCC3(CO)c2ccc(F)cc2)ccc1-n1cnc(C)c1.COc1cc(/C=C2\CNC(=O)N3C2=NCC3(C)c2ccc(F)cc2)ccc1-n1cnc(C)c1. The van der Waals surface area contributed by atoms with Crippen molar-refractivity contribution in [1.29, 1.82) is 0 Å². The Hall–Kier alpha value is -7.92. The topological polar surface area (TPSA) is 155 Å². The molecular formula is C51H50F2N10O5. The molecule has 17 heteroatoms. The van der Waals surface area contributed by atoms with E-state index in [2.05, 4.69) is 20.3 Å². The number of ether oxygens (including phenoxy) is 2. The number of halogens is 2. The van der Waals surface area contributed by atoms with Gasteiger partial charge >= 0.3 is 12.1 Å². The standard InChI is InChI=1S/C26H26FN5O3.C25H24FN5O2/c1-17-12-31(16-29-17)22-9-4-18(11-23(22)35-3)10-19-13-30(2)25(34)32-24(19)28-14-26(32,15-33)20-5-7-21(27)8-6-20;1-16-13-30(15-29-16)21-9-4-17(11-22(21)33-3)10-18-12-27-24(32)31-23(18)28-14-25(31,2)19-5-7-20(26)8-6-19/h4-12,16,33H,13-15H2,1-3H3;4-11,13,15H,12,14H2,1-3H3,(H,27,32)/b19-10+;18-10+. The summed E-state index contributed by atoms with van der Waals surface area (Å²) in [6, 6.07) is 23.4. The van der Waals surface area contributed by atoms with Crippen LogP contribution in [0.25, 0.3) is 23.5 Å². The van der Waals surface area contributed by atoms with Gasteiger partial charge in [0.1, 0.15) is 40.3 Å². The van der Waals surface area contributed by atoms with Gasteiger partial charge in [-0.2, -0.15) is 0 Å². The van der Waals surface area contributed by atoms with Crippen molar-refractivity contribution in [2.24, 2.45) is 9.98 Å². The average Bonchev–Trinajstić information content (AvgIpc) is 4.16. The summed E-state index contributed by atoms with van der Waals surface area (Å²) in [7, 11) is 4.97. The largest absolute Gasteiger partial charge is 0.495 e. The number of carbonyl (C=O) groups excluding carboxylic acids is 2. The summed E-state index contributed by atoms with van der Waals surface area (Å²) in [5.41, 5.74) is 6.80. The van der Waals surface area contributed by atoms with Crippen LogP contribution in [0.15, 0.2) is 131 Å². The molecule has 2 atom stereocenters. The number of aromatic nitrogens is 4. The zero-order valence-corrected chi connectivity index (χ0v) is 38.4. The van der Waals surface area contributed by atoms with Crippen molar-refractivity contribution in [2.75, 3.05) is 54.1 Å². The molecule has 0 aliphatic carbocycles. The molecule has 0 saturated carbocycles. The molecule has 348 valence electrons. The van der Waals surface area contributed by atoms with Gasteiger partial charge in [-0.05, 0) is 104 Å². The first-order chi connectivity index (χ1) is 32.7.